The van der Waals surface area contributed by atoms with Gasteiger partial charge in [-0.15, -0.1) is 0 Å². The normalized spacial score (nSPS) is 11.3. The molecule has 0 saturated carbocycles. The first kappa shape index (κ1) is 11.8. The van der Waals surface area contributed by atoms with Crippen LogP contribution < -0.4 is 0 Å². The smallest absolute Gasteiger partial charge is 0.161 e. The Morgan fingerprint density at radius 1 is 1.31 bits per heavy atom. The van der Waals surface area contributed by atoms with Crippen molar-refractivity contribution >= 4 is 0 Å². The molecule has 13 heavy (non-hydrogen) atoms. The molecule has 74 valence electrons. The summed E-state index contributed by atoms with van der Waals surface area (Å²) in [6, 6.07) is 0. The molecule has 0 aromatic carbocycles. The molecule has 0 aliphatic rings. The lowest BCUT2D eigenvalue weighted by Crippen LogP contribution is -2.05. The van der Waals surface area contributed by atoms with Gasteiger partial charge in [0.2, 0.25) is 0 Å². The Bertz CT molecular complexity index is 224. The van der Waals surface area contributed by atoms with Crippen LogP contribution in [-0.4, -0.2) is 13.2 Å². The van der Waals surface area contributed by atoms with Crippen molar-refractivity contribution in [1.29, 1.82) is 0 Å². The highest BCUT2D eigenvalue weighted by molar-refractivity contribution is 5.25. The average Bonchev–Trinajstić information content (AvgIpc) is 2.00. The highest BCUT2D eigenvalue weighted by atomic mass is 16.5. The summed E-state index contributed by atoms with van der Waals surface area (Å²) in [4.78, 5) is 0. The van der Waals surface area contributed by atoms with Crippen LogP contribution >= 0.6 is 0 Å². The molecule has 0 rings (SSSR count). The van der Waals surface area contributed by atoms with E-state index in [1.54, 1.807) is 7.11 Å². The molecule has 0 atom stereocenters. The van der Waals surface area contributed by atoms with E-state index in [2.05, 4.69) is 13.2 Å². The van der Waals surface area contributed by atoms with Gasteiger partial charge in [-0.2, -0.15) is 0 Å². The van der Waals surface area contributed by atoms with Crippen LogP contribution in [0.1, 0.15) is 20.8 Å². The third kappa shape index (κ3) is 5.12. The predicted molar refractivity (Wildman–Crippen MR) is 55.3 cm³/mol. The summed E-state index contributed by atoms with van der Waals surface area (Å²) in [5.74, 6) is 1.17. The van der Waals surface area contributed by atoms with Gasteiger partial charge >= 0.3 is 0 Å². The molecule has 2 heteroatoms. The minimum atomic E-state index is 0.109. The van der Waals surface area contributed by atoms with Crippen molar-refractivity contribution < 1.29 is 9.47 Å². The average molecular weight is 182 g/mol. The van der Waals surface area contributed by atoms with Gasteiger partial charge < -0.3 is 9.47 Å². The Morgan fingerprint density at radius 2 is 1.85 bits per heavy atom. The maximum Gasteiger partial charge on any atom is 0.161 e. The highest BCUT2D eigenvalue weighted by Gasteiger charge is 2.05. The quantitative estimate of drug-likeness (QED) is 0.480. The van der Waals surface area contributed by atoms with E-state index >= 15 is 0 Å². The van der Waals surface area contributed by atoms with E-state index in [9.17, 15) is 0 Å². The molecule has 0 aromatic rings. The molecular formula is C11H18O2. The lowest BCUT2D eigenvalue weighted by Gasteiger charge is -2.14. The summed E-state index contributed by atoms with van der Waals surface area (Å²) >= 11 is 0. The molecule has 0 N–H and O–H groups in total. The summed E-state index contributed by atoms with van der Waals surface area (Å²) < 4.78 is 10.5. The van der Waals surface area contributed by atoms with Crippen molar-refractivity contribution in [3.8, 4) is 0 Å². The second kappa shape index (κ2) is 5.46. The summed E-state index contributed by atoms with van der Waals surface area (Å²) in [7, 11) is 1.57. The summed E-state index contributed by atoms with van der Waals surface area (Å²) in [6.07, 6.45) is 1.92. The van der Waals surface area contributed by atoms with Crippen LogP contribution in [0, 0.1) is 0 Å². The zero-order valence-corrected chi connectivity index (χ0v) is 8.89. The zero-order valence-electron chi connectivity index (χ0n) is 8.89. The second-order valence-corrected chi connectivity index (χ2v) is 3.15. The first-order chi connectivity index (χ1) is 5.97. The Hall–Kier alpha value is -1.18. The molecule has 0 amide bonds. The molecule has 0 spiro atoms. The highest BCUT2D eigenvalue weighted by Crippen LogP contribution is 2.14. The van der Waals surface area contributed by atoms with Crippen molar-refractivity contribution in [3.63, 3.8) is 0 Å². The molecule has 0 heterocycles. The fourth-order valence-corrected chi connectivity index (χ4v) is 0.759. The van der Waals surface area contributed by atoms with Gasteiger partial charge in [0.1, 0.15) is 0 Å². The number of allylic oxidation sites excluding steroid dienone is 2. The summed E-state index contributed by atoms with van der Waals surface area (Å²) in [6.45, 7) is 13.3. The molecule has 0 aliphatic heterocycles. The molecule has 0 aliphatic carbocycles. The molecule has 2 nitrogen and oxygen atoms in total. The minimum Gasteiger partial charge on any atom is -0.493 e. The predicted octanol–water partition coefficient (Wildman–Crippen LogP) is 3.03. The zero-order chi connectivity index (χ0) is 10.4. The van der Waals surface area contributed by atoms with Gasteiger partial charge in [0.05, 0.1) is 13.2 Å². The monoisotopic (exact) mass is 182 g/mol. The Morgan fingerprint density at radius 3 is 2.15 bits per heavy atom. The van der Waals surface area contributed by atoms with Crippen LogP contribution in [0.2, 0.25) is 0 Å². The minimum absolute atomic E-state index is 0.109. The van der Waals surface area contributed by atoms with Crippen molar-refractivity contribution in [2.45, 2.75) is 26.9 Å². The van der Waals surface area contributed by atoms with Gasteiger partial charge in [0, 0.05) is 0 Å². The largest absolute Gasteiger partial charge is 0.493 e. The first-order valence-electron chi connectivity index (χ1n) is 4.24. The van der Waals surface area contributed by atoms with Crippen LogP contribution in [0.25, 0.3) is 0 Å². The number of hydrogen-bond acceptors (Lipinski definition) is 2. The van der Waals surface area contributed by atoms with Crippen molar-refractivity contribution in [3.05, 3.63) is 36.3 Å². The fraction of sp³-hybridized carbons (Fsp3) is 0.455. The van der Waals surface area contributed by atoms with E-state index in [0.29, 0.717) is 11.5 Å². The summed E-state index contributed by atoms with van der Waals surface area (Å²) in [5, 5.41) is 0. The van der Waals surface area contributed by atoms with Gasteiger partial charge in [-0.1, -0.05) is 18.7 Å². The third-order valence-electron chi connectivity index (χ3n) is 1.26. The lowest BCUT2D eigenvalue weighted by atomic mass is 10.2. The van der Waals surface area contributed by atoms with E-state index in [1.165, 1.54) is 0 Å². The molecule has 0 bridgehead atoms. The van der Waals surface area contributed by atoms with Crippen molar-refractivity contribution in [1.82, 2.24) is 0 Å². The van der Waals surface area contributed by atoms with Gasteiger partial charge in [-0.25, -0.2) is 0 Å². The van der Waals surface area contributed by atoms with E-state index in [0.717, 1.165) is 5.57 Å². The fourth-order valence-electron chi connectivity index (χ4n) is 0.759. The third-order valence-corrected chi connectivity index (χ3v) is 1.26. The SMILES string of the molecule is C=C(C)/C=C(/OC(C)C)C(=C)OC. The van der Waals surface area contributed by atoms with Crippen LogP contribution in [0.5, 0.6) is 0 Å². The van der Waals surface area contributed by atoms with Crippen LogP contribution in [0.15, 0.2) is 36.3 Å². The molecule has 0 aromatic heterocycles. The molecule has 0 saturated heterocycles. The van der Waals surface area contributed by atoms with Crippen LogP contribution in [0.4, 0.5) is 0 Å². The van der Waals surface area contributed by atoms with E-state index in [1.807, 2.05) is 26.8 Å². The van der Waals surface area contributed by atoms with Crippen molar-refractivity contribution in [2.24, 2.45) is 0 Å². The van der Waals surface area contributed by atoms with Gasteiger partial charge in [0.15, 0.2) is 11.5 Å². The van der Waals surface area contributed by atoms with Gasteiger partial charge in [-0.05, 0) is 26.8 Å². The molecular weight excluding hydrogens is 164 g/mol. The Labute approximate surface area is 80.5 Å². The Kier molecular flexibility index (Phi) is 4.97. The van der Waals surface area contributed by atoms with E-state index in [-0.39, 0.29) is 6.10 Å². The Balaban J connectivity index is 4.55. The number of rotatable bonds is 5. The van der Waals surface area contributed by atoms with Crippen molar-refractivity contribution in [2.75, 3.05) is 7.11 Å². The van der Waals surface area contributed by atoms with Gasteiger partial charge in [-0.3, -0.25) is 0 Å². The maximum atomic E-state index is 5.49. The lowest BCUT2D eigenvalue weighted by molar-refractivity contribution is 0.128. The molecule has 0 fully saturated rings. The number of methoxy groups -OCH3 is 1. The molecule has 0 radical (unpaired) electrons. The van der Waals surface area contributed by atoms with Crippen LogP contribution in [0.3, 0.4) is 0 Å². The number of ether oxygens (including phenoxy) is 2. The second-order valence-electron chi connectivity index (χ2n) is 3.15. The first-order valence-corrected chi connectivity index (χ1v) is 4.24. The maximum absolute atomic E-state index is 5.49. The van der Waals surface area contributed by atoms with E-state index in [4.69, 9.17) is 9.47 Å². The summed E-state index contributed by atoms with van der Waals surface area (Å²) in [5.41, 5.74) is 0.911. The van der Waals surface area contributed by atoms with Gasteiger partial charge in [0.25, 0.3) is 0 Å². The van der Waals surface area contributed by atoms with E-state index < -0.39 is 0 Å². The standard InChI is InChI=1S/C11H18O2/c1-8(2)7-11(10(5)12-6)13-9(3)4/h7,9H,1,5H2,2-4,6H3/b11-7+. The number of hydrogen-bond donors (Lipinski definition) is 0. The molecule has 0 unspecified atom stereocenters. The topological polar surface area (TPSA) is 18.5 Å². The van der Waals surface area contributed by atoms with Crippen LogP contribution in [-0.2, 0) is 9.47 Å².